The minimum absolute atomic E-state index is 0.0179. The molecule has 0 unspecified atom stereocenters. The number of hydrogen-bond acceptors (Lipinski definition) is 4. The molecule has 2 amide bonds. The van der Waals surface area contributed by atoms with Crippen LogP contribution >= 0.6 is 0 Å². The van der Waals surface area contributed by atoms with Crippen molar-refractivity contribution in [3.8, 4) is 0 Å². The maximum Gasteiger partial charge on any atom is 0.254 e. The summed E-state index contributed by atoms with van der Waals surface area (Å²) in [5.74, 6) is 0.552. The molecule has 0 spiro atoms. The zero-order valence-electron chi connectivity index (χ0n) is 15.4. The fourth-order valence-electron chi connectivity index (χ4n) is 3.43. The van der Waals surface area contributed by atoms with Gasteiger partial charge in [0.25, 0.3) is 11.8 Å². The number of aryl methyl sites for hydroxylation is 2. The summed E-state index contributed by atoms with van der Waals surface area (Å²) in [6.07, 6.45) is 0. The molecule has 1 aromatic heterocycles. The second-order valence-corrected chi connectivity index (χ2v) is 6.87. The van der Waals surface area contributed by atoms with Crippen molar-refractivity contribution in [3.63, 3.8) is 0 Å². The first-order valence-corrected chi connectivity index (χ1v) is 9.04. The van der Waals surface area contributed by atoms with Gasteiger partial charge in [0.05, 0.1) is 0 Å². The van der Waals surface area contributed by atoms with Crippen LogP contribution in [0.25, 0.3) is 11.1 Å². The first-order valence-electron chi connectivity index (χ1n) is 9.04. The third-order valence-electron chi connectivity index (χ3n) is 4.86. The van der Waals surface area contributed by atoms with Crippen LogP contribution in [-0.2, 0) is 0 Å². The Bertz CT molecular complexity index is 1020. The van der Waals surface area contributed by atoms with Crippen LogP contribution in [-0.4, -0.2) is 52.8 Å². The highest BCUT2D eigenvalue weighted by molar-refractivity contribution is 5.98. The third-order valence-corrected chi connectivity index (χ3v) is 4.86. The monoisotopic (exact) mass is 363 g/mol. The van der Waals surface area contributed by atoms with E-state index in [2.05, 4.69) is 4.98 Å². The SMILES string of the molecule is Cc1cccc(C(=O)N2CCN(C(=O)c3ccc4nc(C)oc4c3)CC2)c1. The van der Waals surface area contributed by atoms with Crippen molar-refractivity contribution in [2.45, 2.75) is 13.8 Å². The fourth-order valence-corrected chi connectivity index (χ4v) is 3.43. The second kappa shape index (κ2) is 6.87. The lowest BCUT2D eigenvalue weighted by Crippen LogP contribution is -2.50. The Kier molecular flexibility index (Phi) is 4.39. The molecular weight excluding hydrogens is 342 g/mol. The lowest BCUT2D eigenvalue weighted by atomic mass is 10.1. The van der Waals surface area contributed by atoms with Gasteiger partial charge in [-0.25, -0.2) is 4.98 Å². The molecule has 1 aliphatic heterocycles. The van der Waals surface area contributed by atoms with Crippen molar-refractivity contribution in [2.24, 2.45) is 0 Å². The van der Waals surface area contributed by atoms with Crippen LogP contribution < -0.4 is 0 Å². The molecule has 0 aliphatic carbocycles. The van der Waals surface area contributed by atoms with Gasteiger partial charge in [-0.2, -0.15) is 0 Å². The van der Waals surface area contributed by atoms with Gasteiger partial charge in [0.1, 0.15) is 5.52 Å². The maximum absolute atomic E-state index is 12.8. The van der Waals surface area contributed by atoms with E-state index in [1.807, 2.05) is 36.1 Å². The van der Waals surface area contributed by atoms with Crippen LogP contribution in [0, 0.1) is 13.8 Å². The molecule has 0 saturated carbocycles. The molecule has 6 nitrogen and oxygen atoms in total. The topological polar surface area (TPSA) is 66.7 Å². The number of amides is 2. The van der Waals surface area contributed by atoms with Gasteiger partial charge in [-0.05, 0) is 37.3 Å². The number of nitrogens with zero attached hydrogens (tertiary/aromatic N) is 3. The van der Waals surface area contributed by atoms with E-state index in [9.17, 15) is 9.59 Å². The van der Waals surface area contributed by atoms with E-state index < -0.39 is 0 Å². The first-order chi connectivity index (χ1) is 13.0. The molecule has 138 valence electrons. The molecule has 27 heavy (non-hydrogen) atoms. The molecule has 1 fully saturated rings. The van der Waals surface area contributed by atoms with Crippen LogP contribution in [0.15, 0.2) is 46.9 Å². The summed E-state index contributed by atoms with van der Waals surface area (Å²) in [6, 6.07) is 12.9. The van der Waals surface area contributed by atoms with Gasteiger partial charge in [0.2, 0.25) is 0 Å². The van der Waals surface area contributed by atoms with Crippen LogP contribution in [0.1, 0.15) is 32.2 Å². The molecule has 6 heteroatoms. The summed E-state index contributed by atoms with van der Waals surface area (Å²) in [5.41, 5.74) is 3.70. The van der Waals surface area contributed by atoms with Gasteiger partial charge in [0, 0.05) is 44.2 Å². The quantitative estimate of drug-likeness (QED) is 0.702. The van der Waals surface area contributed by atoms with Crippen LogP contribution in [0.2, 0.25) is 0 Å². The van der Waals surface area contributed by atoms with E-state index >= 15 is 0 Å². The fraction of sp³-hybridized carbons (Fsp3) is 0.286. The number of aromatic nitrogens is 1. The summed E-state index contributed by atoms with van der Waals surface area (Å²) in [4.78, 5) is 33.3. The Morgan fingerprint density at radius 3 is 2.15 bits per heavy atom. The average Bonchev–Trinajstić information content (AvgIpc) is 3.06. The number of oxazole rings is 1. The minimum atomic E-state index is -0.0476. The molecule has 2 aromatic carbocycles. The molecule has 1 saturated heterocycles. The second-order valence-electron chi connectivity index (χ2n) is 6.87. The highest BCUT2D eigenvalue weighted by Gasteiger charge is 2.26. The third kappa shape index (κ3) is 3.43. The Labute approximate surface area is 157 Å². The largest absolute Gasteiger partial charge is 0.441 e. The van der Waals surface area contributed by atoms with Gasteiger partial charge in [0.15, 0.2) is 11.5 Å². The summed E-state index contributed by atoms with van der Waals surface area (Å²) < 4.78 is 5.52. The number of hydrogen-bond donors (Lipinski definition) is 0. The van der Waals surface area contributed by atoms with Gasteiger partial charge < -0.3 is 14.2 Å². The van der Waals surface area contributed by atoms with Crippen molar-refractivity contribution in [1.82, 2.24) is 14.8 Å². The molecule has 1 aliphatic rings. The Morgan fingerprint density at radius 2 is 1.52 bits per heavy atom. The van der Waals surface area contributed by atoms with E-state index in [1.54, 1.807) is 30.0 Å². The highest BCUT2D eigenvalue weighted by atomic mass is 16.3. The van der Waals surface area contributed by atoms with Gasteiger partial charge in [-0.1, -0.05) is 17.7 Å². The Balaban J connectivity index is 1.43. The normalized spacial score (nSPS) is 14.6. The predicted octanol–water partition coefficient (Wildman–Crippen LogP) is 3.04. The Hall–Kier alpha value is -3.15. The van der Waals surface area contributed by atoms with Gasteiger partial charge >= 0.3 is 0 Å². The highest BCUT2D eigenvalue weighted by Crippen LogP contribution is 2.19. The van der Waals surface area contributed by atoms with Crippen LogP contribution in [0.5, 0.6) is 0 Å². The predicted molar refractivity (Wildman–Crippen MR) is 102 cm³/mol. The molecule has 0 radical (unpaired) electrons. The number of carbonyl (C=O) groups is 2. The average molecular weight is 363 g/mol. The standard InChI is InChI=1S/C21H21N3O3/c1-14-4-3-5-16(12-14)20(25)23-8-10-24(11-9-23)21(26)17-6-7-18-19(13-17)27-15(2)22-18/h3-7,12-13H,8-11H2,1-2H3. The van der Waals surface area contributed by atoms with Crippen LogP contribution in [0.3, 0.4) is 0 Å². The molecule has 3 aromatic rings. The van der Waals surface area contributed by atoms with E-state index in [1.165, 1.54) is 0 Å². The summed E-state index contributed by atoms with van der Waals surface area (Å²) in [7, 11) is 0. The van der Waals surface area contributed by atoms with E-state index in [4.69, 9.17) is 4.42 Å². The zero-order chi connectivity index (χ0) is 19.0. The van der Waals surface area contributed by atoms with Crippen molar-refractivity contribution in [2.75, 3.05) is 26.2 Å². The lowest BCUT2D eigenvalue weighted by Gasteiger charge is -2.35. The van der Waals surface area contributed by atoms with E-state index in [-0.39, 0.29) is 11.8 Å². The summed E-state index contributed by atoms with van der Waals surface area (Å²) in [6.45, 7) is 5.85. The van der Waals surface area contributed by atoms with Crippen LogP contribution in [0.4, 0.5) is 0 Å². The first kappa shape index (κ1) is 17.3. The maximum atomic E-state index is 12.8. The van der Waals surface area contributed by atoms with Crippen molar-refractivity contribution in [1.29, 1.82) is 0 Å². The van der Waals surface area contributed by atoms with Crippen molar-refractivity contribution >= 4 is 22.9 Å². The van der Waals surface area contributed by atoms with Gasteiger partial charge in [-0.15, -0.1) is 0 Å². The summed E-state index contributed by atoms with van der Waals surface area (Å²) in [5, 5.41) is 0. The minimum Gasteiger partial charge on any atom is -0.441 e. The van der Waals surface area contributed by atoms with E-state index in [0.29, 0.717) is 48.8 Å². The zero-order valence-corrected chi connectivity index (χ0v) is 15.4. The molecule has 0 atom stereocenters. The smallest absolute Gasteiger partial charge is 0.254 e. The number of carbonyl (C=O) groups excluding carboxylic acids is 2. The molecule has 2 heterocycles. The molecule has 4 rings (SSSR count). The number of fused-ring (bicyclic) bond motifs is 1. The summed E-state index contributed by atoms with van der Waals surface area (Å²) >= 11 is 0. The molecule has 0 bridgehead atoms. The van der Waals surface area contributed by atoms with Crippen molar-refractivity contribution < 1.29 is 14.0 Å². The number of piperazine rings is 1. The Morgan fingerprint density at radius 1 is 0.889 bits per heavy atom. The molecular formula is C21H21N3O3. The number of benzene rings is 2. The molecule has 0 N–H and O–H groups in total. The van der Waals surface area contributed by atoms with E-state index in [0.717, 1.165) is 11.1 Å². The van der Waals surface area contributed by atoms with Gasteiger partial charge in [-0.3, -0.25) is 9.59 Å². The van der Waals surface area contributed by atoms with Crippen molar-refractivity contribution in [3.05, 3.63) is 65.0 Å². The number of rotatable bonds is 2. The lowest BCUT2D eigenvalue weighted by molar-refractivity contribution is 0.0535.